The van der Waals surface area contributed by atoms with Crippen LogP contribution < -0.4 is 16.0 Å². The van der Waals surface area contributed by atoms with Gasteiger partial charge in [-0.3, -0.25) is 0 Å². The molecule has 2 aromatic heterocycles. The molecule has 0 spiro atoms. The van der Waals surface area contributed by atoms with Crippen molar-refractivity contribution >= 4 is 23.5 Å². The van der Waals surface area contributed by atoms with E-state index in [1.165, 1.54) is 0 Å². The average Bonchev–Trinajstić information content (AvgIpc) is 2.80. The molecule has 2 heterocycles. The maximum absolute atomic E-state index is 5.59. The highest BCUT2D eigenvalue weighted by Gasteiger charge is 2.10. The van der Waals surface area contributed by atoms with E-state index in [0.717, 1.165) is 5.69 Å². The number of hydrogen-bond donors (Lipinski definition) is 3. The van der Waals surface area contributed by atoms with Crippen molar-refractivity contribution in [3.8, 4) is 0 Å². The minimum absolute atomic E-state index is 0.191. The molecule has 0 saturated carbocycles. The molecule has 7 nitrogen and oxygen atoms in total. The van der Waals surface area contributed by atoms with Crippen LogP contribution in [-0.2, 0) is 0 Å². The Hall–Kier alpha value is -2.31. The molecule has 0 fully saturated rings. The number of aromatic nitrogens is 4. The number of nitrogens with zero attached hydrogens (tertiary/aromatic N) is 4. The van der Waals surface area contributed by atoms with E-state index in [2.05, 4.69) is 25.3 Å². The summed E-state index contributed by atoms with van der Waals surface area (Å²) in [4.78, 5) is 17.0. The lowest BCUT2D eigenvalue weighted by Crippen LogP contribution is -2.15. The number of anilines is 4. The molecule has 84 valence electrons. The van der Waals surface area contributed by atoms with E-state index in [1.54, 1.807) is 7.05 Å². The summed E-state index contributed by atoms with van der Waals surface area (Å²) in [6.45, 7) is 0. The van der Waals surface area contributed by atoms with E-state index in [0.29, 0.717) is 11.9 Å². The van der Waals surface area contributed by atoms with Crippen molar-refractivity contribution in [3.05, 3.63) is 18.5 Å². The predicted octanol–water partition coefficient (Wildman–Crippen LogP) is 0.591. The lowest BCUT2D eigenvalue weighted by Gasteiger charge is -2.15. The van der Waals surface area contributed by atoms with Gasteiger partial charge in [0.15, 0.2) is 0 Å². The van der Waals surface area contributed by atoms with Crippen LogP contribution in [0, 0.1) is 0 Å². The van der Waals surface area contributed by atoms with E-state index < -0.39 is 0 Å². The third kappa shape index (κ3) is 1.88. The topological polar surface area (TPSA) is 95.7 Å². The maximum atomic E-state index is 5.59. The number of H-pyrrole nitrogens is 1. The van der Waals surface area contributed by atoms with Crippen LogP contribution in [0.2, 0.25) is 0 Å². The van der Waals surface area contributed by atoms with Gasteiger partial charge in [0.05, 0.1) is 5.69 Å². The van der Waals surface area contributed by atoms with E-state index in [-0.39, 0.29) is 5.95 Å². The summed E-state index contributed by atoms with van der Waals surface area (Å²) in [5, 5.41) is 2.83. The Morgan fingerprint density at radius 3 is 2.81 bits per heavy atom. The Morgan fingerprint density at radius 1 is 1.38 bits per heavy atom. The van der Waals surface area contributed by atoms with Gasteiger partial charge in [0.2, 0.25) is 17.8 Å². The summed E-state index contributed by atoms with van der Waals surface area (Å²) in [7, 11) is 3.59. The van der Waals surface area contributed by atoms with Gasteiger partial charge in [-0.15, -0.1) is 0 Å². The second-order valence-corrected chi connectivity index (χ2v) is 3.20. The number of rotatable bonds is 3. The fourth-order valence-electron chi connectivity index (χ4n) is 1.28. The van der Waals surface area contributed by atoms with Gasteiger partial charge in [0.25, 0.3) is 0 Å². The SMILES string of the molecule is CNc1nc(N)nc(N(C)c2cc[nH]c2)n1. The molecule has 0 atom stereocenters. The molecular weight excluding hydrogens is 206 g/mol. The number of aromatic amines is 1. The first kappa shape index (κ1) is 10.2. The van der Waals surface area contributed by atoms with Crippen LogP contribution in [-0.4, -0.2) is 34.0 Å². The Labute approximate surface area is 92.7 Å². The average molecular weight is 219 g/mol. The molecular formula is C9H13N7. The highest BCUT2D eigenvalue weighted by Crippen LogP contribution is 2.20. The zero-order valence-electron chi connectivity index (χ0n) is 9.10. The van der Waals surface area contributed by atoms with Gasteiger partial charge in [0, 0.05) is 26.5 Å². The smallest absolute Gasteiger partial charge is 0.236 e. The van der Waals surface area contributed by atoms with Crippen molar-refractivity contribution < 1.29 is 0 Å². The predicted molar refractivity (Wildman–Crippen MR) is 62.6 cm³/mol. The van der Waals surface area contributed by atoms with Crippen LogP contribution in [0.25, 0.3) is 0 Å². The summed E-state index contributed by atoms with van der Waals surface area (Å²) in [6.07, 6.45) is 3.67. The Balaban J connectivity index is 2.36. The summed E-state index contributed by atoms with van der Waals surface area (Å²) in [5.74, 6) is 1.14. The molecule has 0 radical (unpaired) electrons. The molecule has 0 amide bonds. The molecule has 16 heavy (non-hydrogen) atoms. The van der Waals surface area contributed by atoms with Gasteiger partial charge in [-0.25, -0.2) is 0 Å². The Bertz CT molecular complexity index is 465. The molecule has 2 aromatic rings. The largest absolute Gasteiger partial charge is 0.368 e. The Morgan fingerprint density at radius 2 is 2.19 bits per heavy atom. The van der Waals surface area contributed by atoms with Crippen LogP contribution in [0.5, 0.6) is 0 Å². The van der Waals surface area contributed by atoms with Crippen molar-refractivity contribution in [2.75, 3.05) is 30.0 Å². The number of hydrogen-bond acceptors (Lipinski definition) is 6. The quantitative estimate of drug-likeness (QED) is 0.699. The monoisotopic (exact) mass is 219 g/mol. The van der Waals surface area contributed by atoms with Crippen LogP contribution in [0.15, 0.2) is 18.5 Å². The molecule has 2 rings (SSSR count). The molecule has 4 N–H and O–H groups in total. The lowest BCUT2D eigenvalue weighted by molar-refractivity contribution is 0.997. The zero-order valence-corrected chi connectivity index (χ0v) is 9.10. The van der Waals surface area contributed by atoms with E-state index >= 15 is 0 Å². The first-order valence-electron chi connectivity index (χ1n) is 4.76. The molecule has 0 bridgehead atoms. The third-order valence-corrected chi connectivity index (χ3v) is 2.13. The van der Waals surface area contributed by atoms with Gasteiger partial charge in [-0.2, -0.15) is 15.0 Å². The highest BCUT2D eigenvalue weighted by atomic mass is 15.3. The third-order valence-electron chi connectivity index (χ3n) is 2.13. The first-order valence-corrected chi connectivity index (χ1v) is 4.76. The molecule has 0 unspecified atom stereocenters. The zero-order chi connectivity index (χ0) is 11.5. The van der Waals surface area contributed by atoms with E-state index in [9.17, 15) is 0 Å². The standard InChI is InChI=1S/C9H13N7/c1-11-8-13-7(10)14-9(15-8)16(2)6-3-4-12-5-6/h3-5,12H,1-2H3,(H3,10,11,13,14,15). The molecule has 7 heteroatoms. The second-order valence-electron chi connectivity index (χ2n) is 3.20. The van der Waals surface area contributed by atoms with Gasteiger partial charge in [-0.1, -0.05) is 0 Å². The summed E-state index contributed by atoms with van der Waals surface area (Å²) >= 11 is 0. The molecule has 0 aliphatic rings. The van der Waals surface area contributed by atoms with Gasteiger partial charge < -0.3 is 20.9 Å². The number of nitrogen functional groups attached to an aromatic ring is 1. The normalized spacial score (nSPS) is 10.1. The minimum atomic E-state index is 0.191. The number of nitrogens with one attached hydrogen (secondary N) is 2. The van der Waals surface area contributed by atoms with Gasteiger partial charge in [0.1, 0.15) is 0 Å². The van der Waals surface area contributed by atoms with E-state index in [1.807, 2.05) is 30.4 Å². The first-order chi connectivity index (χ1) is 7.70. The molecule has 0 aromatic carbocycles. The maximum Gasteiger partial charge on any atom is 0.236 e. The van der Waals surface area contributed by atoms with Crippen molar-refractivity contribution in [1.82, 2.24) is 19.9 Å². The lowest BCUT2D eigenvalue weighted by atomic mass is 10.5. The van der Waals surface area contributed by atoms with Crippen LogP contribution in [0.4, 0.5) is 23.5 Å². The van der Waals surface area contributed by atoms with Crippen LogP contribution >= 0.6 is 0 Å². The van der Waals surface area contributed by atoms with Crippen molar-refractivity contribution in [2.24, 2.45) is 0 Å². The summed E-state index contributed by atoms with van der Waals surface area (Å²) < 4.78 is 0. The van der Waals surface area contributed by atoms with Crippen LogP contribution in [0.3, 0.4) is 0 Å². The number of nitrogens with two attached hydrogens (primary N) is 1. The Kier molecular flexibility index (Phi) is 2.59. The second kappa shape index (κ2) is 4.05. The summed E-state index contributed by atoms with van der Waals surface area (Å²) in [6, 6.07) is 1.92. The van der Waals surface area contributed by atoms with Crippen LogP contribution in [0.1, 0.15) is 0 Å². The minimum Gasteiger partial charge on any atom is -0.368 e. The van der Waals surface area contributed by atoms with Gasteiger partial charge in [-0.05, 0) is 6.07 Å². The van der Waals surface area contributed by atoms with Crippen molar-refractivity contribution in [2.45, 2.75) is 0 Å². The fourth-order valence-corrected chi connectivity index (χ4v) is 1.28. The molecule has 0 aliphatic carbocycles. The fraction of sp³-hybridized carbons (Fsp3) is 0.222. The van der Waals surface area contributed by atoms with Crippen molar-refractivity contribution in [1.29, 1.82) is 0 Å². The molecule has 0 aliphatic heterocycles. The highest BCUT2D eigenvalue weighted by molar-refractivity contribution is 5.56. The van der Waals surface area contributed by atoms with E-state index in [4.69, 9.17) is 5.73 Å². The van der Waals surface area contributed by atoms with Crippen molar-refractivity contribution in [3.63, 3.8) is 0 Å². The molecule has 0 saturated heterocycles. The van der Waals surface area contributed by atoms with Gasteiger partial charge >= 0.3 is 0 Å². The summed E-state index contributed by atoms with van der Waals surface area (Å²) in [5.41, 5.74) is 6.54.